The third-order valence-corrected chi connectivity index (χ3v) is 12.2. The molecule has 5 heterocycles. The maximum absolute atomic E-state index is 13.4. The molecule has 4 aromatic rings. The number of amides is 5. The monoisotopic (exact) mass is 795 g/mol. The van der Waals surface area contributed by atoms with Crippen LogP contribution < -0.4 is 5.32 Å². The zero-order valence-electron chi connectivity index (χ0n) is 32.4. The second-order valence-electron chi connectivity index (χ2n) is 15.5. The Morgan fingerprint density at radius 3 is 2.33 bits per heavy atom. The highest BCUT2D eigenvalue weighted by Gasteiger charge is 2.45. The molecule has 294 valence electrons. The van der Waals surface area contributed by atoms with Crippen molar-refractivity contribution in [3.63, 3.8) is 0 Å². The fourth-order valence-corrected chi connectivity index (χ4v) is 8.54. The van der Waals surface area contributed by atoms with E-state index in [0.29, 0.717) is 49.6 Å². The number of carbonyl (C=O) groups excluding carboxylic acids is 5. The Bertz CT molecular complexity index is 2480. The molecule has 8 rings (SSSR count). The van der Waals surface area contributed by atoms with E-state index < -0.39 is 29.7 Å². The molecular formula is C45H42ClN7O5. The van der Waals surface area contributed by atoms with Crippen LogP contribution in [0.25, 0.3) is 11.3 Å². The first-order valence-electron chi connectivity index (χ1n) is 19.7. The minimum atomic E-state index is -1.01. The molecule has 1 aromatic heterocycles. The van der Waals surface area contributed by atoms with Crippen LogP contribution in [-0.2, 0) is 33.9 Å². The van der Waals surface area contributed by atoms with E-state index >= 15 is 0 Å². The number of nitriles is 1. The predicted molar refractivity (Wildman–Crippen MR) is 215 cm³/mol. The van der Waals surface area contributed by atoms with Crippen LogP contribution in [0.15, 0.2) is 54.6 Å². The maximum Gasteiger partial charge on any atom is 0.262 e. The van der Waals surface area contributed by atoms with Crippen molar-refractivity contribution < 1.29 is 24.0 Å². The fourth-order valence-electron chi connectivity index (χ4n) is 8.32. The molecule has 58 heavy (non-hydrogen) atoms. The van der Waals surface area contributed by atoms with Gasteiger partial charge in [0, 0.05) is 55.2 Å². The number of imide groups is 2. The van der Waals surface area contributed by atoms with Gasteiger partial charge in [0.25, 0.3) is 11.8 Å². The number of halogens is 1. The highest BCUT2D eigenvalue weighted by Crippen LogP contribution is 2.33. The van der Waals surface area contributed by atoms with Gasteiger partial charge in [0.1, 0.15) is 12.1 Å². The van der Waals surface area contributed by atoms with Crippen LogP contribution in [0.1, 0.15) is 91.9 Å². The molecule has 3 aromatic carbocycles. The summed E-state index contributed by atoms with van der Waals surface area (Å²) in [5.74, 6) is 5.08. The smallest absolute Gasteiger partial charge is 0.262 e. The number of rotatable bonds is 7. The molecule has 1 unspecified atom stereocenters. The van der Waals surface area contributed by atoms with Crippen molar-refractivity contribution in [1.82, 2.24) is 29.8 Å². The quantitative estimate of drug-likeness (QED) is 0.199. The van der Waals surface area contributed by atoms with E-state index in [-0.39, 0.29) is 35.8 Å². The Morgan fingerprint density at radius 1 is 0.914 bits per heavy atom. The normalized spacial score (nSPS) is 18.3. The Hall–Kier alpha value is -6.08. The Balaban J connectivity index is 0.803. The third-order valence-electron chi connectivity index (χ3n) is 11.9. The van der Waals surface area contributed by atoms with Crippen molar-refractivity contribution in [3.05, 3.63) is 110 Å². The van der Waals surface area contributed by atoms with E-state index in [0.717, 1.165) is 75.6 Å². The number of likely N-dealkylation sites (tertiary alicyclic amines) is 1. The number of carbonyl (C=O) groups is 5. The highest BCUT2D eigenvalue weighted by atomic mass is 35.5. The van der Waals surface area contributed by atoms with Crippen LogP contribution >= 0.6 is 11.6 Å². The molecule has 0 aliphatic carbocycles. The van der Waals surface area contributed by atoms with E-state index in [1.165, 1.54) is 0 Å². The molecule has 0 saturated carbocycles. The minimum absolute atomic E-state index is 0.0543. The van der Waals surface area contributed by atoms with Gasteiger partial charge in [-0.2, -0.15) is 10.4 Å². The summed E-state index contributed by atoms with van der Waals surface area (Å²) in [6.45, 7) is 8.02. The highest BCUT2D eigenvalue weighted by molar-refractivity contribution is 6.32. The van der Waals surface area contributed by atoms with Crippen LogP contribution in [0.4, 0.5) is 0 Å². The lowest BCUT2D eigenvalue weighted by atomic mass is 9.94. The van der Waals surface area contributed by atoms with Crippen molar-refractivity contribution >= 4 is 41.1 Å². The molecule has 1 N–H and O–H groups in total. The second-order valence-corrected chi connectivity index (χ2v) is 15.9. The van der Waals surface area contributed by atoms with Crippen LogP contribution in [-0.4, -0.2) is 86.2 Å². The summed E-state index contributed by atoms with van der Waals surface area (Å²) in [7, 11) is 0. The second kappa shape index (κ2) is 16.0. The zero-order chi connectivity index (χ0) is 40.7. The summed E-state index contributed by atoms with van der Waals surface area (Å²) in [5.41, 5.74) is 8.67. The Labute approximate surface area is 341 Å². The van der Waals surface area contributed by atoms with E-state index in [2.05, 4.69) is 59.3 Å². The summed E-state index contributed by atoms with van der Waals surface area (Å²) < 4.78 is 1.99. The van der Waals surface area contributed by atoms with Crippen molar-refractivity contribution in [2.24, 2.45) is 5.92 Å². The molecule has 13 heteroatoms. The van der Waals surface area contributed by atoms with Gasteiger partial charge in [-0.1, -0.05) is 41.6 Å². The molecule has 2 saturated heterocycles. The van der Waals surface area contributed by atoms with Crippen LogP contribution in [0, 0.1) is 42.9 Å². The fraction of sp³-hybridized carbons (Fsp3) is 0.356. The average Bonchev–Trinajstić information content (AvgIpc) is 3.64. The minimum Gasteiger partial charge on any atom is -0.338 e. The lowest BCUT2D eigenvalue weighted by Crippen LogP contribution is -2.54. The SMILES string of the molecule is Cc1c(-c2ccc(C#N)c(Cl)c2)nn(Cc2ccc(C#CC3CCN(CCC(=O)N4CCc5cc6c(cc5C4)C(=O)N(C4CCC(=O)NC4=O)C6=O)CC3)cc2)c1C. The van der Waals surface area contributed by atoms with Gasteiger partial charge in [0.2, 0.25) is 17.7 Å². The first-order chi connectivity index (χ1) is 28.0. The van der Waals surface area contributed by atoms with Crippen molar-refractivity contribution in [2.45, 2.75) is 71.5 Å². The summed E-state index contributed by atoms with van der Waals surface area (Å²) in [4.78, 5) is 69.1. The number of hydrogen-bond acceptors (Lipinski definition) is 8. The summed E-state index contributed by atoms with van der Waals surface area (Å²) in [5, 5.41) is 16.7. The standard InChI is InChI=1S/C45H42ClN7O5/c1-27-28(2)52(49-42(27)33-9-10-34(24-47)38(46)23-33)25-31-7-5-29(6-8-31)3-4-30-13-17-50(18-14-30)19-16-41(55)51-20-15-32-21-36-37(22-35(32)26-51)45(58)53(44(36)57)39-11-12-40(54)48-43(39)56/h5-10,21-23,30,39H,11-20,25-26H2,1-2H3,(H,48,54,56). The first kappa shape index (κ1) is 38.8. The molecule has 2 fully saturated rings. The summed E-state index contributed by atoms with van der Waals surface area (Å²) >= 11 is 6.29. The van der Waals surface area contributed by atoms with Crippen LogP contribution in [0.2, 0.25) is 5.02 Å². The van der Waals surface area contributed by atoms with Gasteiger partial charge in [-0.05, 0) is 111 Å². The maximum atomic E-state index is 13.4. The lowest BCUT2D eigenvalue weighted by Gasteiger charge is -2.32. The van der Waals surface area contributed by atoms with Gasteiger partial charge >= 0.3 is 0 Å². The van der Waals surface area contributed by atoms with Gasteiger partial charge in [-0.3, -0.25) is 38.9 Å². The van der Waals surface area contributed by atoms with Gasteiger partial charge in [0.15, 0.2) is 0 Å². The number of nitrogens with one attached hydrogen (secondary N) is 1. The molecule has 4 aliphatic heterocycles. The predicted octanol–water partition coefficient (Wildman–Crippen LogP) is 5.18. The average molecular weight is 796 g/mol. The molecule has 1 atom stereocenters. The number of aromatic nitrogens is 2. The summed E-state index contributed by atoms with van der Waals surface area (Å²) in [6, 6.07) is 18.2. The number of benzene rings is 3. The first-order valence-corrected chi connectivity index (χ1v) is 20.1. The zero-order valence-corrected chi connectivity index (χ0v) is 33.2. The number of hydrogen-bond donors (Lipinski definition) is 1. The van der Waals surface area contributed by atoms with Crippen molar-refractivity contribution in [1.29, 1.82) is 5.26 Å². The van der Waals surface area contributed by atoms with E-state index in [9.17, 15) is 29.2 Å². The van der Waals surface area contributed by atoms with Gasteiger partial charge < -0.3 is 9.80 Å². The van der Waals surface area contributed by atoms with Crippen molar-refractivity contribution in [2.75, 3.05) is 26.2 Å². The van der Waals surface area contributed by atoms with Crippen molar-refractivity contribution in [3.8, 4) is 29.2 Å². The van der Waals surface area contributed by atoms with Gasteiger partial charge in [0.05, 0.1) is 34.0 Å². The van der Waals surface area contributed by atoms with Crippen LogP contribution in [0.3, 0.4) is 0 Å². The molecule has 12 nitrogen and oxygen atoms in total. The molecule has 5 amide bonds. The van der Waals surface area contributed by atoms with E-state index in [1.807, 2.05) is 22.6 Å². The largest absolute Gasteiger partial charge is 0.338 e. The Kier molecular flexibility index (Phi) is 10.7. The third kappa shape index (κ3) is 7.66. The molecule has 0 radical (unpaired) electrons. The molecule has 4 aliphatic rings. The molecular weight excluding hydrogens is 754 g/mol. The van der Waals surface area contributed by atoms with Gasteiger partial charge in [-0.15, -0.1) is 0 Å². The topological polar surface area (TPSA) is 149 Å². The summed E-state index contributed by atoms with van der Waals surface area (Å²) in [6.07, 6.45) is 3.02. The molecule has 0 bridgehead atoms. The number of nitrogens with zero attached hydrogens (tertiary/aromatic N) is 6. The van der Waals surface area contributed by atoms with Gasteiger partial charge in [-0.25, -0.2) is 0 Å². The van der Waals surface area contributed by atoms with Crippen LogP contribution in [0.5, 0.6) is 0 Å². The van der Waals surface area contributed by atoms with E-state index in [1.54, 1.807) is 24.3 Å². The van der Waals surface area contributed by atoms with E-state index in [4.69, 9.17) is 16.7 Å². The Morgan fingerprint density at radius 2 is 1.64 bits per heavy atom. The molecule has 0 spiro atoms. The lowest BCUT2D eigenvalue weighted by molar-refractivity contribution is -0.136. The number of piperidine rings is 2. The number of fused-ring (bicyclic) bond motifs is 2.